The van der Waals surface area contributed by atoms with Crippen LogP contribution in [0.1, 0.15) is 72.1 Å². The van der Waals surface area contributed by atoms with E-state index in [-0.39, 0.29) is 6.09 Å². The van der Waals surface area contributed by atoms with Crippen molar-refractivity contribution < 1.29 is 9.53 Å². The van der Waals surface area contributed by atoms with E-state index in [2.05, 4.69) is 5.32 Å². The number of rotatable bonds is 4. The average Bonchev–Trinajstić information content (AvgIpc) is 2.62. The minimum absolute atomic E-state index is 0.104. The van der Waals surface area contributed by atoms with E-state index in [0.717, 1.165) is 38.1 Å². The van der Waals surface area contributed by atoms with Gasteiger partial charge in [-0.2, -0.15) is 0 Å². The van der Waals surface area contributed by atoms with Gasteiger partial charge in [-0.25, -0.2) is 4.79 Å². The highest BCUT2D eigenvalue weighted by Crippen LogP contribution is 2.37. The summed E-state index contributed by atoms with van der Waals surface area (Å²) < 4.78 is 5.59. The van der Waals surface area contributed by atoms with Crippen molar-refractivity contribution in [3.8, 4) is 0 Å². The third-order valence-electron chi connectivity index (χ3n) is 5.55. The maximum Gasteiger partial charge on any atom is 0.410 e. The number of amides is 1. The Bertz CT molecular complexity index is 386. The summed E-state index contributed by atoms with van der Waals surface area (Å²) in [6.45, 7) is 6.99. The van der Waals surface area contributed by atoms with Gasteiger partial charge in [0.2, 0.25) is 0 Å². The minimum Gasteiger partial charge on any atom is -0.444 e. The van der Waals surface area contributed by atoms with Gasteiger partial charge in [-0.05, 0) is 65.3 Å². The van der Waals surface area contributed by atoms with Crippen molar-refractivity contribution in [2.24, 2.45) is 5.92 Å². The zero-order chi connectivity index (χ0) is 15.7. The van der Waals surface area contributed by atoms with Crippen LogP contribution < -0.4 is 5.32 Å². The summed E-state index contributed by atoms with van der Waals surface area (Å²) in [5.74, 6) is 0.978. The third-order valence-corrected chi connectivity index (χ3v) is 5.55. The molecule has 2 atom stereocenters. The second kappa shape index (κ2) is 6.38. The smallest absolute Gasteiger partial charge is 0.410 e. The Morgan fingerprint density at radius 2 is 1.77 bits per heavy atom. The van der Waals surface area contributed by atoms with E-state index in [4.69, 9.17) is 4.74 Å². The monoisotopic (exact) mass is 308 g/mol. The molecule has 3 aliphatic rings. The fraction of sp³-hybridized carbons (Fsp3) is 0.944. The molecule has 2 heterocycles. The van der Waals surface area contributed by atoms with Crippen molar-refractivity contribution in [2.75, 3.05) is 6.54 Å². The largest absolute Gasteiger partial charge is 0.444 e. The van der Waals surface area contributed by atoms with E-state index in [0.29, 0.717) is 18.1 Å². The summed E-state index contributed by atoms with van der Waals surface area (Å²) in [6.07, 6.45) is 10.0. The molecule has 2 saturated heterocycles. The summed E-state index contributed by atoms with van der Waals surface area (Å²) in [7, 11) is 0. The molecule has 2 unspecified atom stereocenters. The lowest BCUT2D eigenvalue weighted by Gasteiger charge is -2.40. The highest BCUT2D eigenvalue weighted by atomic mass is 16.6. The Kier molecular flexibility index (Phi) is 4.67. The predicted octanol–water partition coefficient (Wildman–Crippen LogP) is 3.70. The topological polar surface area (TPSA) is 41.6 Å². The van der Waals surface area contributed by atoms with Gasteiger partial charge in [-0.15, -0.1) is 0 Å². The average molecular weight is 308 g/mol. The van der Waals surface area contributed by atoms with Gasteiger partial charge in [-0.1, -0.05) is 19.3 Å². The van der Waals surface area contributed by atoms with Gasteiger partial charge in [0.05, 0.1) is 0 Å². The van der Waals surface area contributed by atoms with Gasteiger partial charge in [0.1, 0.15) is 5.60 Å². The van der Waals surface area contributed by atoms with Crippen molar-refractivity contribution in [1.82, 2.24) is 10.2 Å². The fourth-order valence-electron chi connectivity index (χ4n) is 4.23. The molecule has 4 heteroatoms. The number of nitrogens with one attached hydrogen (secondary N) is 1. The maximum atomic E-state index is 12.4. The van der Waals surface area contributed by atoms with Crippen molar-refractivity contribution in [3.05, 3.63) is 0 Å². The summed E-state index contributed by atoms with van der Waals surface area (Å²) >= 11 is 0. The Labute approximate surface area is 135 Å². The maximum absolute atomic E-state index is 12.4. The Morgan fingerprint density at radius 1 is 1.14 bits per heavy atom. The molecule has 0 aromatic rings. The molecular weight excluding hydrogens is 276 g/mol. The number of carbonyl (C=O) groups excluding carboxylic acids is 1. The SMILES string of the molecule is CC(C)(C)OC(=O)N1C2CCC1CC(NCCC1CCC1)C2. The zero-order valence-corrected chi connectivity index (χ0v) is 14.4. The van der Waals surface area contributed by atoms with E-state index >= 15 is 0 Å². The first-order chi connectivity index (χ1) is 10.4. The van der Waals surface area contributed by atoms with Gasteiger partial charge in [0.25, 0.3) is 0 Å². The molecule has 126 valence electrons. The van der Waals surface area contributed by atoms with Crippen molar-refractivity contribution in [1.29, 1.82) is 0 Å². The lowest BCUT2D eigenvalue weighted by Crippen LogP contribution is -2.52. The van der Waals surface area contributed by atoms with Crippen LogP contribution in [0.3, 0.4) is 0 Å². The highest BCUT2D eigenvalue weighted by molar-refractivity contribution is 5.69. The summed E-state index contributed by atoms with van der Waals surface area (Å²) in [6, 6.07) is 1.36. The van der Waals surface area contributed by atoms with Crippen molar-refractivity contribution in [2.45, 2.75) is 95.9 Å². The van der Waals surface area contributed by atoms with Crippen LogP contribution in [0.25, 0.3) is 0 Å². The molecule has 0 radical (unpaired) electrons. The highest BCUT2D eigenvalue weighted by Gasteiger charge is 2.44. The number of hydrogen-bond donors (Lipinski definition) is 1. The fourth-order valence-corrected chi connectivity index (χ4v) is 4.23. The summed E-state index contributed by atoms with van der Waals surface area (Å²) in [5, 5.41) is 3.75. The second-order valence-corrected chi connectivity index (χ2v) is 8.48. The van der Waals surface area contributed by atoms with E-state index in [1.807, 2.05) is 25.7 Å². The van der Waals surface area contributed by atoms with Gasteiger partial charge in [0, 0.05) is 18.1 Å². The normalized spacial score (nSPS) is 32.0. The van der Waals surface area contributed by atoms with Gasteiger partial charge in [-0.3, -0.25) is 0 Å². The molecule has 2 aliphatic heterocycles. The molecule has 2 bridgehead atoms. The summed E-state index contributed by atoms with van der Waals surface area (Å²) in [4.78, 5) is 14.5. The Balaban J connectivity index is 1.47. The number of carbonyl (C=O) groups is 1. The van der Waals surface area contributed by atoms with Crippen molar-refractivity contribution in [3.63, 3.8) is 0 Å². The molecule has 0 aromatic heterocycles. The Hall–Kier alpha value is -0.770. The van der Waals surface area contributed by atoms with Crippen LogP contribution in [0.4, 0.5) is 4.79 Å². The van der Waals surface area contributed by atoms with Crippen LogP contribution in [-0.2, 0) is 4.74 Å². The number of fused-ring (bicyclic) bond motifs is 2. The van der Waals surface area contributed by atoms with Gasteiger partial charge < -0.3 is 15.0 Å². The van der Waals surface area contributed by atoms with E-state index in [1.54, 1.807) is 0 Å². The number of hydrogen-bond acceptors (Lipinski definition) is 3. The van der Waals surface area contributed by atoms with Crippen LogP contribution >= 0.6 is 0 Å². The van der Waals surface area contributed by atoms with Gasteiger partial charge >= 0.3 is 6.09 Å². The summed E-state index contributed by atoms with van der Waals surface area (Å²) in [5.41, 5.74) is -0.394. The standard InChI is InChI=1S/C18H32N2O2/c1-18(2,3)22-17(21)20-15-7-8-16(20)12-14(11-15)19-10-9-13-5-4-6-13/h13-16,19H,4-12H2,1-3H3. The molecule has 0 spiro atoms. The second-order valence-electron chi connectivity index (χ2n) is 8.48. The molecule has 3 fully saturated rings. The zero-order valence-electron chi connectivity index (χ0n) is 14.4. The minimum atomic E-state index is -0.394. The molecule has 1 N–H and O–H groups in total. The van der Waals surface area contributed by atoms with Crippen molar-refractivity contribution >= 4 is 6.09 Å². The van der Waals surface area contributed by atoms with Crippen LogP contribution in [0, 0.1) is 5.92 Å². The lowest BCUT2D eigenvalue weighted by atomic mass is 9.83. The molecule has 0 aromatic carbocycles. The van der Waals surface area contributed by atoms with Crippen LogP contribution in [0.5, 0.6) is 0 Å². The predicted molar refractivity (Wildman–Crippen MR) is 87.9 cm³/mol. The van der Waals surface area contributed by atoms with Crippen LogP contribution in [0.2, 0.25) is 0 Å². The van der Waals surface area contributed by atoms with E-state index in [9.17, 15) is 4.79 Å². The lowest BCUT2D eigenvalue weighted by molar-refractivity contribution is 0.00468. The number of ether oxygens (including phenoxy) is 1. The first-order valence-electron chi connectivity index (χ1n) is 9.17. The molecule has 1 aliphatic carbocycles. The van der Waals surface area contributed by atoms with E-state index < -0.39 is 5.60 Å². The molecular formula is C18H32N2O2. The van der Waals surface area contributed by atoms with Crippen LogP contribution in [0.15, 0.2) is 0 Å². The van der Waals surface area contributed by atoms with E-state index in [1.165, 1.54) is 25.7 Å². The Morgan fingerprint density at radius 3 is 2.27 bits per heavy atom. The first kappa shape index (κ1) is 16.1. The third kappa shape index (κ3) is 3.76. The number of piperidine rings is 1. The molecule has 1 amide bonds. The number of nitrogens with zero attached hydrogens (tertiary/aromatic N) is 1. The first-order valence-corrected chi connectivity index (χ1v) is 9.17. The van der Waals surface area contributed by atoms with Crippen LogP contribution in [-0.4, -0.2) is 41.3 Å². The molecule has 1 saturated carbocycles. The molecule has 4 nitrogen and oxygen atoms in total. The molecule has 3 rings (SSSR count). The molecule has 22 heavy (non-hydrogen) atoms. The quantitative estimate of drug-likeness (QED) is 0.861. The van der Waals surface area contributed by atoms with Gasteiger partial charge in [0.15, 0.2) is 0 Å².